The summed E-state index contributed by atoms with van der Waals surface area (Å²) in [6.07, 6.45) is 6.84. The number of aromatic nitrogens is 1. The molecule has 2 unspecified atom stereocenters. The van der Waals surface area contributed by atoms with Crippen molar-refractivity contribution in [2.24, 2.45) is 10.9 Å². The van der Waals surface area contributed by atoms with Gasteiger partial charge in [-0.15, -0.1) is 0 Å². The van der Waals surface area contributed by atoms with Crippen molar-refractivity contribution in [1.82, 2.24) is 20.9 Å². The minimum atomic E-state index is 0.0812. The Morgan fingerprint density at radius 1 is 1.34 bits per heavy atom. The van der Waals surface area contributed by atoms with Crippen LogP contribution in [0.25, 0.3) is 10.9 Å². The highest BCUT2D eigenvalue weighted by Crippen LogP contribution is 2.25. The Bertz CT molecular complexity index is 860. The fraction of sp³-hybridized carbons (Fsp3) is 0.545. The molecule has 1 aliphatic rings. The Balaban J connectivity index is 1.50. The summed E-state index contributed by atoms with van der Waals surface area (Å²) in [5.74, 6) is 1.04. The lowest BCUT2D eigenvalue weighted by molar-refractivity contribution is -0.126. The maximum atomic E-state index is 12.3. The minimum Gasteiger partial charge on any atom is -0.361 e. The first kappa shape index (κ1) is 21.5. The van der Waals surface area contributed by atoms with Crippen LogP contribution in [0.5, 0.6) is 0 Å². The Hall–Kier alpha value is -2.21. The molecule has 0 spiro atoms. The molecular formula is C22H32ClN5O. The first-order valence-electron chi connectivity index (χ1n) is 10.5. The third-order valence-electron chi connectivity index (χ3n) is 5.46. The first-order valence-corrected chi connectivity index (χ1v) is 10.9. The predicted molar refractivity (Wildman–Crippen MR) is 121 cm³/mol. The molecule has 0 bridgehead atoms. The van der Waals surface area contributed by atoms with Crippen LogP contribution in [0, 0.1) is 5.92 Å². The van der Waals surface area contributed by atoms with Crippen molar-refractivity contribution < 1.29 is 4.79 Å². The molecule has 1 heterocycles. The van der Waals surface area contributed by atoms with E-state index < -0.39 is 0 Å². The van der Waals surface area contributed by atoms with E-state index in [2.05, 4.69) is 25.9 Å². The molecule has 1 saturated carbocycles. The predicted octanol–water partition coefficient (Wildman–Crippen LogP) is 3.61. The average Bonchev–Trinajstić information content (AvgIpc) is 3.09. The van der Waals surface area contributed by atoms with Crippen LogP contribution in [0.4, 0.5) is 0 Å². The van der Waals surface area contributed by atoms with Gasteiger partial charge < -0.3 is 20.9 Å². The van der Waals surface area contributed by atoms with Gasteiger partial charge in [-0.3, -0.25) is 9.79 Å². The number of guanidine groups is 1. The second-order valence-corrected chi connectivity index (χ2v) is 8.56. The molecule has 0 aliphatic heterocycles. The lowest BCUT2D eigenvalue weighted by Crippen LogP contribution is -2.47. The number of nitrogens with one attached hydrogen (secondary N) is 4. The molecule has 6 nitrogen and oxygen atoms in total. The summed E-state index contributed by atoms with van der Waals surface area (Å²) in [4.78, 5) is 20.0. The highest BCUT2D eigenvalue weighted by Gasteiger charge is 2.27. The summed E-state index contributed by atoms with van der Waals surface area (Å²) < 4.78 is 0. The van der Waals surface area contributed by atoms with Crippen molar-refractivity contribution in [3.05, 3.63) is 35.0 Å². The SMILES string of the molecule is CN=C(NCCc1c[nH]c2ccc(Cl)cc12)NC1CCCC(C(=O)NC(C)C)C1. The molecule has 4 N–H and O–H groups in total. The number of hydrogen-bond donors (Lipinski definition) is 4. The second kappa shape index (κ2) is 10.0. The molecule has 1 aliphatic carbocycles. The zero-order valence-electron chi connectivity index (χ0n) is 17.5. The van der Waals surface area contributed by atoms with E-state index in [1.807, 2.05) is 38.2 Å². The number of H-pyrrole nitrogens is 1. The molecule has 158 valence electrons. The molecule has 0 radical (unpaired) electrons. The molecule has 1 amide bonds. The minimum absolute atomic E-state index is 0.0812. The number of rotatable bonds is 6. The van der Waals surface area contributed by atoms with E-state index in [0.717, 1.165) is 60.5 Å². The summed E-state index contributed by atoms with van der Waals surface area (Å²) >= 11 is 6.14. The zero-order valence-corrected chi connectivity index (χ0v) is 18.3. The number of benzene rings is 1. The van der Waals surface area contributed by atoms with Gasteiger partial charge in [0, 0.05) is 53.7 Å². The number of nitrogens with zero attached hydrogens (tertiary/aromatic N) is 1. The Morgan fingerprint density at radius 3 is 2.93 bits per heavy atom. The van der Waals surface area contributed by atoms with Gasteiger partial charge in [0.25, 0.3) is 0 Å². The van der Waals surface area contributed by atoms with Gasteiger partial charge in [-0.1, -0.05) is 18.0 Å². The number of carbonyl (C=O) groups is 1. The number of halogens is 1. The van der Waals surface area contributed by atoms with E-state index in [9.17, 15) is 4.79 Å². The van der Waals surface area contributed by atoms with Crippen molar-refractivity contribution >= 4 is 34.4 Å². The number of carbonyl (C=O) groups excluding carboxylic acids is 1. The fourth-order valence-electron chi connectivity index (χ4n) is 4.02. The van der Waals surface area contributed by atoms with Crippen molar-refractivity contribution in [1.29, 1.82) is 0 Å². The molecule has 7 heteroatoms. The maximum absolute atomic E-state index is 12.3. The molecule has 2 atom stereocenters. The van der Waals surface area contributed by atoms with Gasteiger partial charge in [0.1, 0.15) is 0 Å². The van der Waals surface area contributed by atoms with Gasteiger partial charge in [-0.2, -0.15) is 0 Å². The molecule has 29 heavy (non-hydrogen) atoms. The van der Waals surface area contributed by atoms with Crippen LogP contribution in [-0.2, 0) is 11.2 Å². The third kappa shape index (κ3) is 5.89. The quantitative estimate of drug-likeness (QED) is 0.428. The number of aliphatic imine (C=N–C) groups is 1. The fourth-order valence-corrected chi connectivity index (χ4v) is 4.19. The average molecular weight is 418 g/mol. The van der Waals surface area contributed by atoms with E-state index in [0.29, 0.717) is 0 Å². The van der Waals surface area contributed by atoms with E-state index in [1.54, 1.807) is 7.05 Å². The number of aromatic amines is 1. The molecule has 2 aromatic rings. The molecule has 3 rings (SSSR count). The normalized spacial score (nSPS) is 20.1. The van der Waals surface area contributed by atoms with Crippen LogP contribution >= 0.6 is 11.6 Å². The Kier molecular flexibility index (Phi) is 7.42. The Labute approximate surface area is 177 Å². The number of fused-ring (bicyclic) bond motifs is 1. The lowest BCUT2D eigenvalue weighted by atomic mass is 9.85. The number of hydrogen-bond acceptors (Lipinski definition) is 2. The summed E-state index contributed by atoms with van der Waals surface area (Å²) in [6, 6.07) is 6.35. The summed E-state index contributed by atoms with van der Waals surface area (Å²) in [7, 11) is 1.78. The highest BCUT2D eigenvalue weighted by atomic mass is 35.5. The van der Waals surface area contributed by atoms with Crippen LogP contribution in [-0.4, -0.2) is 42.5 Å². The summed E-state index contributed by atoms with van der Waals surface area (Å²) in [5.41, 5.74) is 2.33. The van der Waals surface area contributed by atoms with Crippen LogP contribution in [0.15, 0.2) is 29.4 Å². The highest BCUT2D eigenvalue weighted by molar-refractivity contribution is 6.31. The first-order chi connectivity index (χ1) is 14.0. The zero-order chi connectivity index (χ0) is 20.8. The maximum Gasteiger partial charge on any atom is 0.223 e. The van der Waals surface area contributed by atoms with Crippen LogP contribution < -0.4 is 16.0 Å². The van der Waals surface area contributed by atoms with Crippen LogP contribution in [0.2, 0.25) is 5.02 Å². The van der Waals surface area contributed by atoms with Gasteiger partial charge >= 0.3 is 0 Å². The van der Waals surface area contributed by atoms with Crippen LogP contribution in [0.1, 0.15) is 45.1 Å². The van der Waals surface area contributed by atoms with Gasteiger partial charge in [0.15, 0.2) is 5.96 Å². The smallest absolute Gasteiger partial charge is 0.223 e. The van der Waals surface area contributed by atoms with Crippen molar-refractivity contribution in [2.75, 3.05) is 13.6 Å². The van der Waals surface area contributed by atoms with E-state index in [1.165, 1.54) is 5.56 Å². The van der Waals surface area contributed by atoms with Crippen molar-refractivity contribution in [3.8, 4) is 0 Å². The lowest BCUT2D eigenvalue weighted by Gasteiger charge is -2.30. The van der Waals surface area contributed by atoms with E-state index in [-0.39, 0.29) is 23.9 Å². The Morgan fingerprint density at radius 2 is 2.17 bits per heavy atom. The largest absolute Gasteiger partial charge is 0.361 e. The van der Waals surface area contributed by atoms with Gasteiger partial charge in [-0.05, 0) is 63.3 Å². The molecule has 1 fully saturated rings. The monoisotopic (exact) mass is 417 g/mol. The van der Waals surface area contributed by atoms with Crippen molar-refractivity contribution in [3.63, 3.8) is 0 Å². The molecular weight excluding hydrogens is 386 g/mol. The van der Waals surface area contributed by atoms with E-state index in [4.69, 9.17) is 11.6 Å². The van der Waals surface area contributed by atoms with Gasteiger partial charge in [0.05, 0.1) is 0 Å². The number of amides is 1. The molecule has 0 saturated heterocycles. The molecule has 1 aromatic heterocycles. The summed E-state index contributed by atoms with van der Waals surface area (Å²) in [5, 5.41) is 11.9. The third-order valence-corrected chi connectivity index (χ3v) is 5.69. The van der Waals surface area contributed by atoms with Gasteiger partial charge in [-0.25, -0.2) is 0 Å². The summed E-state index contributed by atoms with van der Waals surface area (Å²) in [6.45, 7) is 4.77. The second-order valence-electron chi connectivity index (χ2n) is 8.12. The van der Waals surface area contributed by atoms with E-state index >= 15 is 0 Å². The topological polar surface area (TPSA) is 81.3 Å². The molecule has 1 aromatic carbocycles. The van der Waals surface area contributed by atoms with Crippen LogP contribution in [0.3, 0.4) is 0 Å². The standard InChI is InChI=1S/C22H32ClN5O/c1-14(2)27-21(29)15-5-4-6-18(11-15)28-22(24-3)25-10-9-16-13-26-20-8-7-17(23)12-19(16)20/h7-8,12-15,18,26H,4-6,9-11H2,1-3H3,(H,27,29)(H2,24,25,28). The van der Waals surface area contributed by atoms with Gasteiger partial charge in [0.2, 0.25) is 5.91 Å². The van der Waals surface area contributed by atoms with Crippen molar-refractivity contribution in [2.45, 2.75) is 58.0 Å².